The van der Waals surface area contributed by atoms with E-state index >= 15 is 0 Å². The zero-order valence-corrected chi connectivity index (χ0v) is 12.6. The number of benzene rings is 2. The number of para-hydroxylation sites is 2. The second kappa shape index (κ2) is 5.23. The lowest BCUT2D eigenvalue weighted by Crippen LogP contribution is -2.04. The average molecular weight is 296 g/mol. The molecule has 0 saturated heterocycles. The van der Waals surface area contributed by atoms with Gasteiger partial charge in [0.15, 0.2) is 0 Å². The van der Waals surface area contributed by atoms with E-state index in [2.05, 4.69) is 11.1 Å². The molecule has 1 unspecified atom stereocenters. The molecule has 0 radical (unpaired) electrons. The van der Waals surface area contributed by atoms with Crippen LogP contribution in [0.3, 0.4) is 0 Å². The second-order valence-electron chi connectivity index (χ2n) is 4.99. The maximum Gasteiger partial charge on any atom is 0.132 e. The quantitative estimate of drug-likeness (QED) is 0.653. The first-order valence-corrected chi connectivity index (χ1v) is 7.18. The zero-order valence-electron chi connectivity index (χ0n) is 11.8. The van der Waals surface area contributed by atoms with Gasteiger partial charge in [-0.25, -0.2) is 4.98 Å². The molecule has 1 atom stereocenters. The van der Waals surface area contributed by atoms with Crippen molar-refractivity contribution in [3.63, 3.8) is 0 Å². The summed E-state index contributed by atoms with van der Waals surface area (Å²) >= 11 is 6.31. The summed E-state index contributed by atoms with van der Waals surface area (Å²) in [5.41, 5.74) is 4.43. The predicted octanol–water partition coefficient (Wildman–Crippen LogP) is 4.51. The van der Waals surface area contributed by atoms with Crippen LogP contribution in [0.2, 0.25) is 0 Å². The van der Waals surface area contributed by atoms with Crippen LogP contribution in [0.25, 0.3) is 16.7 Å². The van der Waals surface area contributed by atoms with Gasteiger partial charge in [0.05, 0.1) is 27.7 Å². The van der Waals surface area contributed by atoms with Crippen LogP contribution in [-0.2, 0) is 0 Å². The van der Waals surface area contributed by atoms with Crippen LogP contribution in [0.5, 0.6) is 0 Å². The highest BCUT2D eigenvalue weighted by molar-refractivity contribution is 6.20. The molecule has 104 valence electrons. The van der Waals surface area contributed by atoms with Crippen LogP contribution in [0, 0.1) is 18.3 Å². The molecule has 21 heavy (non-hydrogen) atoms. The van der Waals surface area contributed by atoms with Gasteiger partial charge in [-0.3, -0.25) is 4.57 Å². The van der Waals surface area contributed by atoms with E-state index in [1.807, 2.05) is 60.9 Å². The van der Waals surface area contributed by atoms with Crippen molar-refractivity contribution in [1.29, 1.82) is 5.26 Å². The highest BCUT2D eigenvalue weighted by atomic mass is 35.5. The van der Waals surface area contributed by atoms with E-state index in [-0.39, 0.29) is 5.38 Å². The molecule has 1 heterocycles. The number of aromatic nitrogens is 2. The van der Waals surface area contributed by atoms with E-state index in [0.717, 1.165) is 28.1 Å². The molecule has 0 saturated carbocycles. The molecule has 3 aromatic rings. The largest absolute Gasteiger partial charge is 0.293 e. The van der Waals surface area contributed by atoms with Crippen LogP contribution < -0.4 is 0 Å². The SMILES string of the molecule is Cc1cccc2nc(C(C)Cl)n(-c3ccccc3C#N)c12. The molecule has 0 amide bonds. The molecule has 0 spiro atoms. The molecule has 4 heteroatoms. The first-order chi connectivity index (χ1) is 10.1. The van der Waals surface area contributed by atoms with Gasteiger partial charge in [0.1, 0.15) is 11.9 Å². The standard InChI is InChI=1S/C17H14ClN3/c1-11-6-5-8-14-16(11)21(17(20-14)12(2)18)15-9-4-3-7-13(15)10-19/h3-9,12H,1-2H3. The number of hydrogen-bond donors (Lipinski definition) is 0. The van der Waals surface area contributed by atoms with E-state index in [9.17, 15) is 5.26 Å². The average Bonchev–Trinajstić information content (AvgIpc) is 2.88. The first kappa shape index (κ1) is 13.7. The molecule has 0 aliphatic carbocycles. The maximum atomic E-state index is 9.37. The van der Waals surface area contributed by atoms with Crippen LogP contribution in [-0.4, -0.2) is 9.55 Å². The maximum absolute atomic E-state index is 9.37. The van der Waals surface area contributed by atoms with Crippen molar-refractivity contribution in [2.24, 2.45) is 0 Å². The van der Waals surface area contributed by atoms with E-state index in [1.165, 1.54) is 0 Å². The van der Waals surface area contributed by atoms with Crippen molar-refractivity contribution >= 4 is 22.6 Å². The summed E-state index contributed by atoms with van der Waals surface area (Å²) in [5, 5.41) is 9.12. The van der Waals surface area contributed by atoms with E-state index in [1.54, 1.807) is 0 Å². The Morgan fingerprint density at radius 2 is 1.95 bits per heavy atom. The minimum atomic E-state index is -0.247. The molecule has 3 nitrogen and oxygen atoms in total. The molecule has 2 aromatic carbocycles. The number of halogens is 1. The number of nitriles is 1. The molecular formula is C17H14ClN3. The summed E-state index contributed by atoms with van der Waals surface area (Å²) in [7, 11) is 0. The van der Waals surface area contributed by atoms with Crippen molar-refractivity contribution in [3.05, 3.63) is 59.4 Å². The Balaban J connectivity index is 2.46. The Morgan fingerprint density at radius 3 is 2.67 bits per heavy atom. The van der Waals surface area contributed by atoms with E-state index < -0.39 is 0 Å². The third-order valence-electron chi connectivity index (χ3n) is 3.53. The van der Waals surface area contributed by atoms with Crippen molar-refractivity contribution in [1.82, 2.24) is 9.55 Å². The fourth-order valence-electron chi connectivity index (χ4n) is 2.59. The minimum absolute atomic E-state index is 0.247. The van der Waals surface area contributed by atoms with Crippen molar-refractivity contribution in [2.75, 3.05) is 0 Å². The van der Waals surface area contributed by atoms with Gasteiger partial charge in [0.25, 0.3) is 0 Å². The van der Waals surface area contributed by atoms with Gasteiger partial charge in [-0.15, -0.1) is 11.6 Å². The molecule has 0 bridgehead atoms. The van der Waals surface area contributed by atoms with Gasteiger partial charge >= 0.3 is 0 Å². The van der Waals surface area contributed by atoms with Gasteiger partial charge in [0, 0.05) is 0 Å². The Morgan fingerprint density at radius 1 is 1.19 bits per heavy atom. The summed E-state index contributed by atoms with van der Waals surface area (Å²) in [6.45, 7) is 3.93. The Labute approximate surface area is 128 Å². The van der Waals surface area contributed by atoms with Crippen molar-refractivity contribution in [3.8, 4) is 11.8 Å². The Hall–Kier alpha value is -2.31. The second-order valence-corrected chi connectivity index (χ2v) is 5.65. The third-order valence-corrected chi connectivity index (χ3v) is 3.72. The highest BCUT2D eigenvalue weighted by Gasteiger charge is 2.19. The van der Waals surface area contributed by atoms with Gasteiger partial charge in [-0.1, -0.05) is 24.3 Å². The summed E-state index contributed by atoms with van der Waals surface area (Å²) in [5.74, 6) is 0.753. The predicted molar refractivity (Wildman–Crippen MR) is 84.8 cm³/mol. The van der Waals surface area contributed by atoms with Crippen molar-refractivity contribution < 1.29 is 0 Å². The Bertz CT molecular complexity index is 856. The zero-order chi connectivity index (χ0) is 15.0. The van der Waals surface area contributed by atoms with Gasteiger partial charge < -0.3 is 0 Å². The van der Waals surface area contributed by atoms with Crippen molar-refractivity contribution in [2.45, 2.75) is 19.2 Å². The molecule has 0 aliphatic heterocycles. The summed E-state index contributed by atoms with van der Waals surface area (Å²) in [6.07, 6.45) is 0. The van der Waals surface area contributed by atoms with Crippen LogP contribution in [0.4, 0.5) is 0 Å². The topological polar surface area (TPSA) is 41.6 Å². The molecule has 3 rings (SSSR count). The lowest BCUT2D eigenvalue weighted by atomic mass is 10.1. The number of rotatable bonds is 2. The molecule has 0 fully saturated rings. The minimum Gasteiger partial charge on any atom is -0.293 e. The van der Waals surface area contributed by atoms with Crippen LogP contribution >= 0.6 is 11.6 Å². The fourth-order valence-corrected chi connectivity index (χ4v) is 2.73. The molecule has 0 N–H and O–H groups in total. The number of imidazole rings is 1. The third kappa shape index (κ3) is 2.18. The van der Waals surface area contributed by atoms with Gasteiger partial charge in [0.2, 0.25) is 0 Å². The smallest absolute Gasteiger partial charge is 0.132 e. The van der Waals surface area contributed by atoms with E-state index in [0.29, 0.717) is 5.56 Å². The summed E-state index contributed by atoms with van der Waals surface area (Å²) < 4.78 is 2.00. The Kier molecular flexibility index (Phi) is 3.40. The van der Waals surface area contributed by atoms with Crippen LogP contribution in [0.15, 0.2) is 42.5 Å². The highest BCUT2D eigenvalue weighted by Crippen LogP contribution is 2.31. The van der Waals surface area contributed by atoms with E-state index in [4.69, 9.17) is 11.6 Å². The number of nitrogens with zero attached hydrogens (tertiary/aromatic N) is 3. The molecule has 1 aromatic heterocycles. The first-order valence-electron chi connectivity index (χ1n) is 6.75. The number of aryl methyl sites for hydroxylation is 1. The fraction of sp³-hybridized carbons (Fsp3) is 0.176. The lowest BCUT2D eigenvalue weighted by Gasteiger charge is -2.13. The van der Waals surface area contributed by atoms with Crippen LogP contribution in [0.1, 0.15) is 29.3 Å². The summed E-state index contributed by atoms with van der Waals surface area (Å²) in [4.78, 5) is 4.65. The number of hydrogen-bond acceptors (Lipinski definition) is 2. The van der Waals surface area contributed by atoms with Gasteiger partial charge in [-0.05, 0) is 37.6 Å². The van der Waals surface area contributed by atoms with Gasteiger partial charge in [-0.2, -0.15) is 5.26 Å². The normalized spacial score (nSPS) is 12.3. The summed E-state index contributed by atoms with van der Waals surface area (Å²) in [6, 6.07) is 15.7. The number of fused-ring (bicyclic) bond motifs is 1. The molecular weight excluding hydrogens is 282 g/mol. The number of alkyl halides is 1. The monoisotopic (exact) mass is 295 g/mol. The molecule has 0 aliphatic rings. The lowest BCUT2D eigenvalue weighted by molar-refractivity contribution is 0.879.